The van der Waals surface area contributed by atoms with Crippen molar-refractivity contribution in [2.75, 3.05) is 26.6 Å². The summed E-state index contributed by atoms with van der Waals surface area (Å²) in [7, 11) is 0. The van der Waals surface area contributed by atoms with Crippen LogP contribution in [0.5, 0.6) is 23.0 Å². The van der Waals surface area contributed by atoms with Crippen molar-refractivity contribution in [1.29, 1.82) is 0 Å². The first-order chi connectivity index (χ1) is 14.9. The first kappa shape index (κ1) is 19.2. The maximum absolute atomic E-state index is 13.1. The minimum absolute atomic E-state index is 0.154. The van der Waals surface area contributed by atoms with Crippen molar-refractivity contribution in [2.45, 2.75) is 18.9 Å². The number of ketones is 1. The van der Waals surface area contributed by atoms with E-state index in [2.05, 4.69) is 5.32 Å². The molecular weight excluding hydrogens is 404 g/mol. The van der Waals surface area contributed by atoms with Crippen molar-refractivity contribution in [3.63, 3.8) is 0 Å². The first-order valence-corrected chi connectivity index (χ1v) is 9.88. The smallest absolute Gasteiger partial charge is 0.325 e. The topological polar surface area (TPSA) is 103 Å². The molecule has 2 aromatic carbocycles. The number of ether oxygens (including phenoxy) is 4. The third kappa shape index (κ3) is 3.41. The molecule has 0 aliphatic carbocycles. The summed E-state index contributed by atoms with van der Waals surface area (Å²) in [6, 6.07) is 9.60. The molecule has 0 unspecified atom stereocenters. The summed E-state index contributed by atoms with van der Waals surface area (Å²) >= 11 is 0. The predicted octanol–water partition coefficient (Wildman–Crippen LogP) is 1.92. The van der Waals surface area contributed by atoms with E-state index in [1.165, 1.54) is 0 Å². The summed E-state index contributed by atoms with van der Waals surface area (Å²) in [6.07, 6.45) is 0.253. The van der Waals surface area contributed by atoms with Crippen molar-refractivity contribution < 1.29 is 33.3 Å². The van der Waals surface area contributed by atoms with Gasteiger partial charge in [-0.25, -0.2) is 4.79 Å². The molecule has 160 valence electrons. The molecule has 2 aromatic rings. The lowest BCUT2D eigenvalue weighted by molar-refractivity contribution is -0.130. The Morgan fingerprint density at radius 2 is 1.65 bits per heavy atom. The van der Waals surface area contributed by atoms with Gasteiger partial charge in [0.15, 0.2) is 28.8 Å². The number of hydrogen-bond acceptors (Lipinski definition) is 7. The summed E-state index contributed by atoms with van der Waals surface area (Å²) in [5, 5.41) is 2.72. The molecule has 9 nitrogen and oxygen atoms in total. The Balaban J connectivity index is 1.31. The molecule has 0 aromatic heterocycles. The number of nitrogens with one attached hydrogen (secondary N) is 1. The zero-order chi connectivity index (χ0) is 21.6. The van der Waals surface area contributed by atoms with Gasteiger partial charge in [0, 0.05) is 12.0 Å². The van der Waals surface area contributed by atoms with E-state index in [0.29, 0.717) is 41.8 Å². The van der Waals surface area contributed by atoms with Crippen molar-refractivity contribution in [3.05, 3.63) is 47.5 Å². The predicted molar refractivity (Wildman–Crippen MR) is 107 cm³/mol. The normalized spacial score (nSPS) is 21.3. The second-order valence-corrected chi connectivity index (χ2v) is 7.80. The second kappa shape index (κ2) is 7.19. The molecule has 3 aliphatic heterocycles. The van der Waals surface area contributed by atoms with Crippen molar-refractivity contribution in [2.24, 2.45) is 0 Å². The van der Waals surface area contributed by atoms with Crippen LogP contribution in [0.3, 0.4) is 0 Å². The van der Waals surface area contributed by atoms with Crippen LogP contribution in [0.2, 0.25) is 0 Å². The van der Waals surface area contributed by atoms with Gasteiger partial charge < -0.3 is 24.3 Å². The fourth-order valence-corrected chi connectivity index (χ4v) is 3.92. The Kier molecular flexibility index (Phi) is 4.46. The molecule has 0 saturated carbocycles. The molecule has 31 heavy (non-hydrogen) atoms. The van der Waals surface area contributed by atoms with Crippen molar-refractivity contribution in [3.8, 4) is 23.0 Å². The molecule has 3 amide bonds. The summed E-state index contributed by atoms with van der Waals surface area (Å²) in [5.74, 6) is 1.45. The van der Waals surface area contributed by atoms with E-state index in [9.17, 15) is 14.4 Å². The highest BCUT2D eigenvalue weighted by molar-refractivity contribution is 6.11. The fraction of sp³-hybridized carbons (Fsp3) is 0.318. The van der Waals surface area contributed by atoms with Crippen LogP contribution in [0.4, 0.5) is 4.79 Å². The van der Waals surface area contributed by atoms with Crippen LogP contribution in [0.25, 0.3) is 0 Å². The van der Waals surface area contributed by atoms with Gasteiger partial charge in [-0.2, -0.15) is 0 Å². The first-order valence-electron chi connectivity index (χ1n) is 9.88. The summed E-state index contributed by atoms with van der Waals surface area (Å²) in [4.78, 5) is 39.3. The van der Waals surface area contributed by atoms with Gasteiger partial charge in [-0.05, 0) is 42.8 Å². The molecule has 1 N–H and O–H groups in total. The van der Waals surface area contributed by atoms with Crippen LogP contribution in [-0.4, -0.2) is 54.7 Å². The highest BCUT2D eigenvalue weighted by Crippen LogP contribution is 2.34. The molecular formula is C22H20N2O7. The fourth-order valence-electron chi connectivity index (χ4n) is 3.92. The number of nitrogens with zero attached hydrogens (tertiary/aromatic N) is 1. The van der Waals surface area contributed by atoms with Gasteiger partial charge in [0.25, 0.3) is 5.91 Å². The number of Topliss-reactive ketones (excluding diaryl/α,β-unsaturated/α-hetero) is 1. The molecule has 3 aliphatic rings. The Bertz CT molecular complexity index is 1100. The largest absolute Gasteiger partial charge is 0.486 e. The van der Waals surface area contributed by atoms with E-state index >= 15 is 0 Å². The SMILES string of the molecule is C[C@@]1(Cc2ccc3c(c2)OCO3)NC(=O)N(CC(=O)c2ccc3c(c2)OCCO3)C1=O. The van der Waals surface area contributed by atoms with Crippen molar-refractivity contribution in [1.82, 2.24) is 10.2 Å². The molecule has 0 bridgehead atoms. The number of rotatable bonds is 5. The number of urea groups is 1. The minimum Gasteiger partial charge on any atom is -0.486 e. The standard InChI is InChI=1S/C22H20N2O7/c1-22(10-13-2-4-17-18(8-13)31-12-30-17)20(26)24(21(27)23-22)11-15(25)14-3-5-16-19(9-14)29-7-6-28-16/h2-5,8-9H,6-7,10-12H2,1H3,(H,23,27)/t22-/m0/s1. The number of fused-ring (bicyclic) bond motifs is 2. The van der Waals surface area contributed by atoms with Crippen LogP contribution in [-0.2, 0) is 11.2 Å². The highest BCUT2D eigenvalue weighted by atomic mass is 16.7. The Morgan fingerprint density at radius 1 is 0.968 bits per heavy atom. The summed E-state index contributed by atoms with van der Waals surface area (Å²) in [6.45, 7) is 2.29. The lowest BCUT2D eigenvalue weighted by Crippen LogP contribution is -2.46. The van der Waals surface area contributed by atoms with E-state index in [1.54, 1.807) is 37.3 Å². The maximum atomic E-state index is 13.1. The third-order valence-corrected chi connectivity index (χ3v) is 5.51. The van der Waals surface area contributed by atoms with Gasteiger partial charge >= 0.3 is 6.03 Å². The molecule has 1 fully saturated rings. The van der Waals surface area contributed by atoms with Crippen LogP contribution >= 0.6 is 0 Å². The lowest BCUT2D eigenvalue weighted by Gasteiger charge is -2.22. The van der Waals surface area contributed by atoms with Crippen LogP contribution in [0, 0.1) is 0 Å². The zero-order valence-corrected chi connectivity index (χ0v) is 16.8. The van der Waals surface area contributed by atoms with E-state index < -0.39 is 17.5 Å². The number of benzene rings is 2. The van der Waals surface area contributed by atoms with E-state index in [-0.39, 0.29) is 25.5 Å². The highest BCUT2D eigenvalue weighted by Gasteiger charge is 2.48. The number of carbonyl (C=O) groups is 3. The second-order valence-electron chi connectivity index (χ2n) is 7.80. The van der Waals surface area contributed by atoms with Crippen LogP contribution in [0.1, 0.15) is 22.8 Å². The van der Waals surface area contributed by atoms with Gasteiger partial charge in [-0.3, -0.25) is 14.5 Å². The molecule has 1 saturated heterocycles. The molecule has 3 heterocycles. The molecule has 5 rings (SSSR count). The number of hydrogen-bond donors (Lipinski definition) is 1. The maximum Gasteiger partial charge on any atom is 0.325 e. The molecule has 0 radical (unpaired) electrons. The average molecular weight is 424 g/mol. The molecule has 9 heteroatoms. The van der Waals surface area contributed by atoms with Gasteiger partial charge in [0.1, 0.15) is 18.8 Å². The van der Waals surface area contributed by atoms with Crippen LogP contribution in [0.15, 0.2) is 36.4 Å². The molecule has 0 spiro atoms. The van der Waals surface area contributed by atoms with E-state index in [0.717, 1.165) is 10.5 Å². The summed E-state index contributed by atoms with van der Waals surface area (Å²) < 4.78 is 21.6. The van der Waals surface area contributed by atoms with Crippen LogP contribution < -0.4 is 24.3 Å². The Hall–Kier alpha value is -3.75. The van der Waals surface area contributed by atoms with Gasteiger partial charge in [0.05, 0.1) is 6.54 Å². The molecule has 1 atom stereocenters. The quantitative estimate of drug-likeness (QED) is 0.578. The number of amides is 3. The third-order valence-electron chi connectivity index (χ3n) is 5.51. The van der Waals surface area contributed by atoms with E-state index in [1.807, 2.05) is 6.07 Å². The number of carbonyl (C=O) groups excluding carboxylic acids is 3. The Morgan fingerprint density at radius 3 is 2.48 bits per heavy atom. The van der Waals surface area contributed by atoms with Gasteiger partial charge in [-0.1, -0.05) is 6.07 Å². The van der Waals surface area contributed by atoms with Gasteiger partial charge in [-0.15, -0.1) is 0 Å². The zero-order valence-electron chi connectivity index (χ0n) is 16.8. The average Bonchev–Trinajstić information content (AvgIpc) is 3.31. The lowest BCUT2D eigenvalue weighted by atomic mass is 9.92. The number of imide groups is 1. The van der Waals surface area contributed by atoms with Crippen molar-refractivity contribution >= 4 is 17.7 Å². The summed E-state index contributed by atoms with van der Waals surface area (Å²) in [5.41, 5.74) is -0.0210. The van der Waals surface area contributed by atoms with Gasteiger partial charge in [0.2, 0.25) is 6.79 Å². The Labute approximate surface area is 177 Å². The van der Waals surface area contributed by atoms with E-state index in [4.69, 9.17) is 18.9 Å². The monoisotopic (exact) mass is 424 g/mol. The minimum atomic E-state index is -1.17.